The summed E-state index contributed by atoms with van der Waals surface area (Å²) in [6, 6.07) is 9.74. The number of hydrogen-bond donors (Lipinski definition) is 1. The van der Waals surface area contributed by atoms with Crippen molar-refractivity contribution in [3.05, 3.63) is 47.5 Å². The molecule has 4 nitrogen and oxygen atoms in total. The number of nitriles is 1. The zero-order valence-electron chi connectivity index (χ0n) is 9.23. The quantitative estimate of drug-likeness (QED) is 0.830. The van der Waals surface area contributed by atoms with Gasteiger partial charge >= 0.3 is 0 Å². The predicted octanol–water partition coefficient (Wildman–Crippen LogP) is 2.25. The third kappa shape index (κ3) is 1.75. The van der Waals surface area contributed by atoms with Crippen molar-refractivity contribution in [1.29, 1.82) is 5.26 Å². The van der Waals surface area contributed by atoms with Crippen LogP contribution < -0.4 is 5.43 Å². The maximum atomic E-state index is 8.92. The second-order valence-electron chi connectivity index (χ2n) is 3.57. The summed E-state index contributed by atoms with van der Waals surface area (Å²) >= 11 is 0. The molecule has 0 bridgehead atoms. The van der Waals surface area contributed by atoms with E-state index in [9.17, 15) is 0 Å². The Morgan fingerprint density at radius 3 is 2.56 bits per heavy atom. The molecule has 2 heterocycles. The zero-order chi connectivity index (χ0) is 11.5. The molecule has 2 aromatic rings. The summed E-state index contributed by atoms with van der Waals surface area (Å²) in [4.78, 5) is 4.00. The molecule has 0 spiro atoms. The molecule has 80 valence electrons. The van der Waals surface area contributed by atoms with E-state index in [-0.39, 0.29) is 0 Å². The molecule has 0 radical (unpaired) electrons. The average molecular weight is 212 g/mol. The Balaban J connectivity index is 2.38. The first-order valence-electron chi connectivity index (χ1n) is 4.99. The third-order valence-corrected chi connectivity index (χ3v) is 2.42. The van der Waals surface area contributed by atoms with Gasteiger partial charge in [0.1, 0.15) is 6.07 Å². The minimum Gasteiger partial charge on any atom is -0.291 e. The van der Waals surface area contributed by atoms with Crippen molar-refractivity contribution in [3.8, 4) is 6.07 Å². The van der Waals surface area contributed by atoms with E-state index in [1.807, 2.05) is 36.7 Å². The molecule has 16 heavy (non-hydrogen) atoms. The topological polar surface area (TPSA) is 53.6 Å². The van der Waals surface area contributed by atoms with Crippen LogP contribution in [0.2, 0.25) is 0 Å². The van der Waals surface area contributed by atoms with Gasteiger partial charge in [-0.25, -0.2) is 4.98 Å². The molecule has 4 heteroatoms. The molecule has 2 aromatic heterocycles. The first-order valence-corrected chi connectivity index (χ1v) is 4.99. The highest BCUT2D eigenvalue weighted by molar-refractivity contribution is 5.53. The molecule has 0 fully saturated rings. The van der Waals surface area contributed by atoms with E-state index in [4.69, 9.17) is 5.26 Å². The fourth-order valence-corrected chi connectivity index (χ4v) is 1.55. The highest BCUT2D eigenvalue weighted by Gasteiger charge is 2.05. The number of aromatic nitrogens is 2. The average Bonchev–Trinajstić information content (AvgIpc) is 2.61. The number of aryl methyl sites for hydroxylation is 2. The highest BCUT2D eigenvalue weighted by Crippen LogP contribution is 2.14. The maximum Gasteiger partial charge on any atom is 0.165 e. The number of pyridine rings is 1. The minimum atomic E-state index is 0.398. The Hall–Kier alpha value is -2.28. The Morgan fingerprint density at radius 1 is 1.25 bits per heavy atom. The molecular formula is C12H12N4. The number of nitrogens with zero attached hydrogens (tertiary/aromatic N) is 3. The summed E-state index contributed by atoms with van der Waals surface area (Å²) in [7, 11) is 0. The number of anilines is 1. The second-order valence-corrected chi connectivity index (χ2v) is 3.57. The fourth-order valence-electron chi connectivity index (χ4n) is 1.55. The normalized spacial score (nSPS) is 9.81. The van der Waals surface area contributed by atoms with Crippen LogP contribution in [0.1, 0.15) is 17.1 Å². The summed E-state index contributed by atoms with van der Waals surface area (Å²) < 4.78 is 1.93. The van der Waals surface area contributed by atoms with Gasteiger partial charge in [-0.15, -0.1) is 0 Å². The lowest BCUT2D eigenvalue weighted by molar-refractivity contribution is 0.878. The summed E-state index contributed by atoms with van der Waals surface area (Å²) in [5.74, 6) is 0. The largest absolute Gasteiger partial charge is 0.291 e. The van der Waals surface area contributed by atoms with Crippen molar-refractivity contribution in [2.45, 2.75) is 13.8 Å². The first kappa shape index (κ1) is 10.2. The summed E-state index contributed by atoms with van der Waals surface area (Å²) in [6.07, 6.45) is 1.61. The third-order valence-electron chi connectivity index (χ3n) is 2.42. The predicted molar refractivity (Wildman–Crippen MR) is 61.9 cm³/mol. The molecule has 2 rings (SSSR count). The van der Waals surface area contributed by atoms with Crippen molar-refractivity contribution < 1.29 is 0 Å². The number of rotatable bonds is 2. The van der Waals surface area contributed by atoms with Gasteiger partial charge in [0.25, 0.3) is 0 Å². The van der Waals surface area contributed by atoms with Crippen LogP contribution in [0.4, 0.5) is 5.69 Å². The Morgan fingerprint density at radius 2 is 1.94 bits per heavy atom. The van der Waals surface area contributed by atoms with Crippen LogP contribution >= 0.6 is 0 Å². The lowest BCUT2D eigenvalue weighted by Gasteiger charge is -2.12. The second kappa shape index (κ2) is 4.07. The van der Waals surface area contributed by atoms with Crippen molar-refractivity contribution >= 4 is 5.69 Å². The molecule has 0 aromatic carbocycles. The van der Waals surface area contributed by atoms with Gasteiger partial charge in [-0.2, -0.15) is 5.26 Å². The van der Waals surface area contributed by atoms with Crippen molar-refractivity contribution in [2.24, 2.45) is 0 Å². The molecule has 0 aliphatic carbocycles. The molecule has 0 saturated heterocycles. The monoisotopic (exact) mass is 212 g/mol. The maximum absolute atomic E-state index is 8.92. The first-order chi connectivity index (χ1) is 7.72. The summed E-state index contributed by atoms with van der Waals surface area (Å²) in [5.41, 5.74) is 6.46. The van der Waals surface area contributed by atoms with Gasteiger partial charge in [-0.3, -0.25) is 10.1 Å². The van der Waals surface area contributed by atoms with Crippen LogP contribution in [0.5, 0.6) is 0 Å². The summed E-state index contributed by atoms with van der Waals surface area (Å²) in [5, 5.41) is 8.92. The Kier molecular flexibility index (Phi) is 2.61. The van der Waals surface area contributed by atoms with Crippen LogP contribution in [-0.4, -0.2) is 9.66 Å². The molecule has 0 saturated carbocycles. The van der Waals surface area contributed by atoms with Crippen molar-refractivity contribution in [2.75, 3.05) is 5.43 Å². The van der Waals surface area contributed by atoms with Gasteiger partial charge in [0, 0.05) is 17.6 Å². The smallest absolute Gasteiger partial charge is 0.165 e. The van der Waals surface area contributed by atoms with E-state index in [1.54, 1.807) is 12.3 Å². The fraction of sp³-hybridized carbons (Fsp3) is 0.167. The molecule has 1 N–H and O–H groups in total. The van der Waals surface area contributed by atoms with Crippen LogP contribution in [0.15, 0.2) is 30.5 Å². The molecule has 0 amide bonds. The van der Waals surface area contributed by atoms with E-state index >= 15 is 0 Å². The Bertz CT molecular complexity index is 529. The van der Waals surface area contributed by atoms with E-state index in [0.717, 1.165) is 11.4 Å². The Labute approximate surface area is 94.1 Å². The van der Waals surface area contributed by atoms with E-state index in [1.165, 1.54) is 0 Å². The van der Waals surface area contributed by atoms with E-state index < -0.39 is 0 Å². The molecule has 0 aliphatic heterocycles. The van der Waals surface area contributed by atoms with Crippen molar-refractivity contribution in [3.63, 3.8) is 0 Å². The van der Waals surface area contributed by atoms with Crippen molar-refractivity contribution in [1.82, 2.24) is 9.66 Å². The van der Waals surface area contributed by atoms with E-state index in [2.05, 4.69) is 16.5 Å². The molecular weight excluding hydrogens is 200 g/mol. The van der Waals surface area contributed by atoms with Gasteiger partial charge in [0.05, 0.1) is 5.69 Å². The van der Waals surface area contributed by atoms with Gasteiger partial charge in [0.2, 0.25) is 0 Å². The lowest BCUT2D eigenvalue weighted by atomic mass is 10.3. The van der Waals surface area contributed by atoms with E-state index in [0.29, 0.717) is 11.4 Å². The van der Waals surface area contributed by atoms with Gasteiger partial charge < -0.3 is 0 Å². The van der Waals surface area contributed by atoms with Crippen LogP contribution in [-0.2, 0) is 0 Å². The van der Waals surface area contributed by atoms with Crippen LogP contribution in [0.3, 0.4) is 0 Å². The SMILES string of the molecule is Cc1ccc(C)n1Nc1cccnc1C#N. The molecule has 0 unspecified atom stereocenters. The van der Waals surface area contributed by atoms with Crippen LogP contribution in [0, 0.1) is 25.2 Å². The van der Waals surface area contributed by atoms with Gasteiger partial charge in [-0.1, -0.05) is 0 Å². The zero-order valence-corrected chi connectivity index (χ0v) is 9.23. The summed E-state index contributed by atoms with van der Waals surface area (Å²) in [6.45, 7) is 4.00. The van der Waals surface area contributed by atoms with Gasteiger partial charge in [0.15, 0.2) is 5.69 Å². The lowest BCUT2D eigenvalue weighted by Crippen LogP contribution is -2.13. The number of nitrogens with one attached hydrogen (secondary N) is 1. The molecule has 0 aliphatic rings. The van der Waals surface area contributed by atoms with Crippen LogP contribution in [0.25, 0.3) is 0 Å². The minimum absolute atomic E-state index is 0.398. The standard InChI is InChI=1S/C12H12N4/c1-9-5-6-10(2)16(9)15-11-4-3-7-14-12(11)8-13/h3-7,15H,1-2H3. The molecule has 0 atom stereocenters. The highest BCUT2D eigenvalue weighted by atomic mass is 15.4. The number of hydrogen-bond acceptors (Lipinski definition) is 3. The van der Waals surface area contributed by atoms with Gasteiger partial charge in [-0.05, 0) is 38.1 Å².